The van der Waals surface area contributed by atoms with Gasteiger partial charge in [0.2, 0.25) is 0 Å². The molecule has 3 aromatic rings. The molecular formula is C23H26FN3O. The molecule has 1 fully saturated rings. The molecule has 0 radical (unpaired) electrons. The largest absolute Gasteiger partial charge is 0.384 e. The average Bonchev–Trinajstić information content (AvgIpc) is 3.26. The van der Waals surface area contributed by atoms with Crippen LogP contribution in [0.5, 0.6) is 0 Å². The second-order valence-electron chi connectivity index (χ2n) is 8.52. The molecule has 2 unspecified atom stereocenters. The van der Waals surface area contributed by atoms with Gasteiger partial charge in [-0.05, 0) is 62.6 Å². The van der Waals surface area contributed by atoms with Crippen molar-refractivity contribution in [1.82, 2.24) is 14.5 Å². The zero-order chi connectivity index (χ0) is 19.5. The summed E-state index contributed by atoms with van der Waals surface area (Å²) in [6.07, 6.45) is 6.72. The summed E-state index contributed by atoms with van der Waals surface area (Å²) < 4.78 is 16.7. The van der Waals surface area contributed by atoms with Crippen molar-refractivity contribution in [2.45, 2.75) is 51.3 Å². The Morgan fingerprint density at radius 2 is 2.18 bits per heavy atom. The predicted octanol–water partition coefficient (Wildman–Crippen LogP) is 4.08. The zero-order valence-electron chi connectivity index (χ0n) is 16.5. The van der Waals surface area contributed by atoms with E-state index in [1.807, 2.05) is 32.0 Å². The Morgan fingerprint density at radius 3 is 2.96 bits per heavy atom. The summed E-state index contributed by atoms with van der Waals surface area (Å²) in [4.78, 5) is 6.72. The molecule has 4 heterocycles. The minimum Gasteiger partial charge on any atom is -0.384 e. The van der Waals surface area contributed by atoms with Gasteiger partial charge in [-0.2, -0.15) is 0 Å². The predicted molar refractivity (Wildman–Crippen MR) is 108 cm³/mol. The summed E-state index contributed by atoms with van der Waals surface area (Å²) in [6, 6.07) is 7.81. The number of aliphatic hydroxyl groups is 1. The lowest BCUT2D eigenvalue weighted by molar-refractivity contribution is 0.0380. The number of halogens is 1. The standard InChI is InChI=1S/C23H26FN3O/c1-15-11-17-21(12-18(15)24)27(14-23(2,28)16-5-3-8-25-13-16)20-7-10-26-9-4-6-19(26)22(17)20/h3,5,8,11-13,19,28H,4,6-7,9-10,14H2,1-2H3. The summed E-state index contributed by atoms with van der Waals surface area (Å²) in [5, 5.41) is 12.4. The van der Waals surface area contributed by atoms with Gasteiger partial charge in [-0.15, -0.1) is 0 Å². The topological polar surface area (TPSA) is 41.3 Å². The Bertz CT molecular complexity index is 1040. The quantitative estimate of drug-likeness (QED) is 0.745. The summed E-state index contributed by atoms with van der Waals surface area (Å²) >= 11 is 0. The van der Waals surface area contributed by atoms with E-state index in [2.05, 4.69) is 14.5 Å². The minimum atomic E-state index is -1.08. The summed E-state index contributed by atoms with van der Waals surface area (Å²) in [5.41, 5.74) is 3.88. The maximum absolute atomic E-state index is 14.5. The van der Waals surface area contributed by atoms with E-state index in [4.69, 9.17) is 0 Å². The number of hydrogen-bond donors (Lipinski definition) is 1. The third-order valence-corrected chi connectivity index (χ3v) is 6.58. The van der Waals surface area contributed by atoms with Crippen LogP contribution in [-0.4, -0.2) is 32.6 Å². The van der Waals surface area contributed by atoms with Crippen LogP contribution >= 0.6 is 0 Å². The van der Waals surface area contributed by atoms with Gasteiger partial charge in [-0.25, -0.2) is 4.39 Å². The molecule has 0 saturated carbocycles. The SMILES string of the molecule is Cc1cc2c3c(n(CC(C)(O)c4cccnc4)c2cc1F)CCN1CCCC31. The highest BCUT2D eigenvalue weighted by molar-refractivity contribution is 5.87. The second-order valence-corrected chi connectivity index (χ2v) is 8.52. The van der Waals surface area contributed by atoms with Crippen LogP contribution in [0.2, 0.25) is 0 Å². The molecule has 146 valence electrons. The highest BCUT2D eigenvalue weighted by Gasteiger charge is 2.37. The fourth-order valence-electron chi connectivity index (χ4n) is 5.13. The highest BCUT2D eigenvalue weighted by Crippen LogP contribution is 2.44. The first-order valence-electron chi connectivity index (χ1n) is 10.1. The van der Waals surface area contributed by atoms with E-state index in [0.717, 1.165) is 42.4 Å². The van der Waals surface area contributed by atoms with Crippen LogP contribution < -0.4 is 0 Å². The summed E-state index contributed by atoms with van der Waals surface area (Å²) in [7, 11) is 0. The van der Waals surface area contributed by atoms with Crippen LogP contribution in [-0.2, 0) is 18.6 Å². The van der Waals surface area contributed by atoms with Gasteiger partial charge in [0.25, 0.3) is 0 Å². The van der Waals surface area contributed by atoms with Crippen molar-refractivity contribution in [2.75, 3.05) is 13.1 Å². The first kappa shape index (κ1) is 17.8. The van der Waals surface area contributed by atoms with Crippen molar-refractivity contribution in [2.24, 2.45) is 0 Å². The molecule has 4 nitrogen and oxygen atoms in total. The van der Waals surface area contributed by atoms with E-state index >= 15 is 0 Å². The number of pyridine rings is 1. The fourth-order valence-corrected chi connectivity index (χ4v) is 5.13. The van der Waals surface area contributed by atoms with Crippen LogP contribution in [0.25, 0.3) is 10.9 Å². The minimum absolute atomic E-state index is 0.187. The third-order valence-electron chi connectivity index (χ3n) is 6.58. The molecule has 0 bridgehead atoms. The lowest BCUT2D eigenvalue weighted by Gasteiger charge is -2.32. The molecule has 0 aliphatic carbocycles. The molecule has 0 amide bonds. The number of aryl methyl sites for hydroxylation is 1. The van der Waals surface area contributed by atoms with E-state index in [9.17, 15) is 9.50 Å². The summed E-state index contributed by atoms with van der Waals surface area (Å²) in [5.74, 6) is -0.187. The van der Waals surface area contributed by atoms with Gasteiger partial charge in [0.05, 0.1) is 12.1 Å². The Balaban J connectivity index is 1.70. The molecule has 5 rings (SSSR count). The van der Waals surface area contributed by atoms with Crippen molar-refractivity contribution in [3.63, 3.8) is 0 Å². The van der Waals surface area contributed by atoms with Crippen molar-refractivity contribution >= 4 is 10.9 Å². The number of nitrogens with zero attached hydrogens (tertiary/aromatic N) is 3. The lowest BCUT2D eigenvalue weighted by Crippen LogP contribution is -2.33. The molecule has 1 N–H and O–H groups in total. The lowest BCUT2D eigenvalue weighted by atomic mass is 9.95. The van der Waals surface area contributed by atoms with Gasteiger partial charge in [-0.1, -0.05) is 6.07 Å². The van der Waals surface area contributed by atoms with Crippen LogP contribution in [0.15, 0.2) is 36.7 Å². The molecule has 2 aromatic heterocycles. The fraction of sp³-hybridized carbons (Fsp3) is 0.435. The Morgan fingerprint density at radius 1 is 1.32 bits per heavy atom. The Labute approximate surface area is 164 Å². The van der Waals surface area contributed by atoms with Crippen molar-refractivity contribution < 1.29 is 9.50 Å². The molecule has 2 aliphatic rings. The van der Waals surface area contributed by atoms with Crippen LogP contribution in [0, 0.1) is 12.7 Å². The van der Waals surface area contributed by atoms with E-state index in [1.165, 1.54) is 17.7 Å². The van der Waals surface area contributed by atoms with E-state index < -0.39 is 5.60 Å². The van der Waals surface area contributed by atoms with Crippen LogP contribution in [0.3, 0.4) is 0 Å². The molecule has 2 atom stereocenters. The van der Waals surface area contributed by atoms with Gasteiger partial charge in [0.1, 0.15) is 11.4 Å². The Hall–Kier alpha value is -2.24. The molecule has 0 spiro atoms. The normalized spacial score (nSPS) is 21.5. The molecule has 2 aliphatic heterocycles. The number of aromatic nitrogens is 2. The van der Waals surface area contributed by atoms with Gasteiger partial charge < -0.3 is 9.67 Å². The maximum Gasteiger partial charge on any atom is 0.128 e. The molecule has 5 heteroatoms. The van der Waals surface area contributed by atoms with Gasteiger partial charge in [0, 0.05) is 48.0 Å². The number of hydrogen-bond acceptors (Lipinski definition) is 3. The zero-order valence-corrected chi connectivity index (χ0v) is 16.5. The van der Waals surface area contributed by atoms with Crippen LogP contribution in [0.1, 0.15) is 48.2 Å². The first-order chi connectivity index (χ1) is 13.5. The average molecular weight is 379 g/mol. The molecular weight excluding hydrogens is 353 g/mol. The first-order valence-corrected chi connectivity index (χ1v) is 10.1. The van der Waals surface area contributed by atoms with E-state index in [-0.39, 0.29) is 5.82 Å². The van der Waals surface area contributed by atoms with Crippen molar-refractivity contribution in [1.29, 1.82) is 0 Å². The van der Waals surface area contributed by atoms with Crippen LogP contribution in [0.4, 0.5) is 4.39 Å². The molecule has 1 saturated heterocycles. The van der Waals surface area contributed by atoms with Gasteiger partial charge in [-0.3, -0.25) is 9.88 Å². The van der Waals surface area contributed by atoms with E-state index in [0.29, 0.717) is 18.2 Å². The van der Waals surface area contributed by atoms with Gasteiger partial charge >= 0.3 is 0 Å². The number of fused-ring (bicyclic) bond motifs is 5. The smallest absolute Gasteiger partial charge is 0.128 e. The second kappa shape index (κ2) is 6.39. The van der Waals surface area contributed by atoms with Crippen molar-refractivity contribution in [3.8, 4) is 0 Å². The Kier molecular flexibility index (Phi) is 4.07. The third kappa shape index (κ3) is 2.68. The van der Waals surface area contributed by atoms with Crippen molar-refractivity contribution in [3.05, 3.63) is 64.9 Å². The summed E-state index contributed by atoms with van der Waals surface area (Å²) in [6.45, 7) is 6.21. The molecule has 1 aromatic carbocycles. The van der Waals surface area contributed by atoms with E-state index in [1.54, 1.807) is 18.5 Å². The molecule has 28 heavy (non-hydrogen) atoms. The monoisotopic (exact) mass is 379 g/mol. The number of benzene rings is 1. The van der Waals surface area contributed by atoms with Gasteiger partial charge in [0.15, 0.2) is 0 Å². The number of rotatable bonds is 3. The maximum atomic E-state index is 14.5. The highest BCUT2D eigenvalue weighted by atomic mass is 19.1.